The highest BCUT2D eigenvalue weighted by Crippen LogP contribution is 2.27. The highest BCUT2D eigenvalue weighted by molar-refractivity contribution is 6.02. The third-order valence-corrected chi connectivity index (χ3v) is 14.6. The van der Waals surface area contributed by atoms with E-state index in [1.165, 1.54) is 28.0 Å². The third-order valence-electron chi connectivity index (χ3n) is 14.6. The lowest BCUT2D eigenvalue weighted by atomic mass is 9.96. The first-order chi connectivity index (χ1) is 34.7. The number of hydrogen-bond donors (Lipinski definition) is 9. The molecule has 3 aromatic rings. The standard InChI is InChI=1S/C55H79N11O7/c1-12-31(3)47(59-34(6)33(5)57-10)54(72)65-29-43(27-45(65)52(70)60-35(7)38-20-16-14-17-21-38)62-50(68)40-24-41(26-42(56)25-40)51(69)63-44-28-46(53(71)61-36(8)39-22-18-15-19-23-39)66(30-44)55(73)48(32(4)13-2)64-49(67)37(9)58-11/h14-26,31-33,35-37,43-48,57-59H,6,12-13,27-30,56H2,1-5,7-11H3,(H,60,70)(H,61,71)(H,62,68)(H,63,69)(H,64,67)/t31-,32-,33-,35+,36+,37-,43-,44-,45-,46-,47-,48-/m0/s1. The van der Waals surface area contributed by atoms with Crippen LogP contribution in [0.5, 0.6) is 0 Å². The monoisotopic (exact) mass is 1010 g/mol. The number of anilines is 1. The molecule has 12 atom stereocenters. The van der Waals surface area contributed by atoms with Crippen LogP contribution in [0.2, 0.25) is 0 Å². The molecule has 0 saturated carbocycles. The molecule has 0 unspecified atom stereocenters. The molecule has 2 aliphatic rings. The summed E-state index contributed by atoms with van der Waals surface area (Å²) in [5.41, 5.74) is 9.00. The van der Waals surface area contributed by atoms with Crippen molar-refractivity contribution >= 4 is 47.0 Å². The molecule has 2 saturated heterocycles. The molecule has 10 N–H and O–H groups in total. The first kappa shape index (κ1) is 57.1. The van der Waals surface area contributed by atoms with Gasteiger partial charge in [-0.1, -0.05) is 108 Å². The Labute approximate surface area is 431 Å². The van der Waals surface area contributed by atoms with E-state index in [1.54, 1.807) is 21.0 Å². The largest absolute Gasteiger partial charge is 0.399 e. The van der Waals surface area contributed by atoms with Crippen molar-refractivity contribution in [1.29, 1.82) is 0 Å². The number of rotatable bonds is 23. The smallest absolute Gasteiger partial charge is 0.251 e. The fraction of sp³-hybridized carbons (Fsp3) is 0.509. The predicted octanol–water partition coefficient (Wildman–Crippen LogP) is 3.69. The van der Waals surface area contributed by atoms with E-state index in [-0.39, 0.29) is 84.4 Å². The van der Waals surface area contributed by atoms with Crippen molar-refractivity contribution < 1.29 is 33.6 Å². The van der Waals surface area contributed by atoms with Crippen molar-refractivity contribution in [2.75, 3.05) is 32.9 Å². The first-order valence-corrected chi connectivity index (χ1v) is 25.7. The quantitative estimate of drug-likeness (QED) is 0.0621. The van der Waals surface area contributed by atoms with Gasteiger partial charge >= 0.3 is 0 Å². The van der Waals surface area contributed by atoms with Gasteiger partial charge in [0.1, 0.15) is 24.2 Å². The minimum atomic E-state index is -0.992. The fourth-order valence-electron chi connectivity index (χ4n) is 9.22. The van der Waals surface area contributed by atoms with Crippen molar-refractivity contribution in [3.8, 4) is 0 Å². The minimum Gasteiger partial charge on any atom is -0.399 e. The van der Waals surface area contributed by atoms with Gasteiger partial charge in [0, 0.05) is 53.7 Å². The maximum absolute atomic E-state index is 14.6. The van der Waals surface area contributed by atoms with Gasteiger partial charge in [0.15, 0.2) is 0 Å². The van der Waals surface area contributed by atoms with Crippen LogP contribution >= 0.6 is 0 Å². The number of likely N-dealkylation sites (tertiary alicyclic amines) is 2. The average Bonchev–Trinajstić information content (AvgIpc) is 4.03. The fourth-order valence-corrected chi connectivity index (χ4v) is 9.22. The minimum absolute atomic E-state index is 0.0335. The number of benzene rings is 3. The van der Waals surface area contributed by atoms with Gasteiger partial charge in [-0.2, -0.15) is 0 Å². The number of nitrogens with one attached hydrogen (secondary N) is 8. The molecule has 2 aliphatic heterocycles. The Bertz CT molecular complexity index is 2260. The molecule has 0 spiro atoms. The second-order valence-electron chi connectivity index (χ2n) is 19.9. The molecule has 5 rings (SSSR count). The van der Waals surface area contributed by atoms with E-state index in [1.807, 2.05) is 109 Å². The van der Waals surface area contributed by atoms with Gasteiger partial charge < -0.3 is 58.1 Å². The third kappa shape index (κ3) is 14.7. The summed E-state index contributed by atoms with van der Waals surface area (Å²) >= 11 is 0. The maximum Gasteiger partial charge on any atom is 0.251 e. The molecule has 0 bridgehead atoms. The second kappa shape index (κ2) is 26.2. The van der Waals surface area contributed by atoms with E-state index in [0.29, 0.717) is 18.5 Å². The van der Waals surface area contributed by atoms with Gasteiger partial charge in [-0.3, -0.25) is 33.6 Å². The number of carbonyl (C=O) groups excluding carboxylic acids is 7. The molecule has 396 valence electrons. The molecule has 2 fully saturated rings. The molecule has 0 radical (unpaired) electrons. The molecule has 73 heavy (non-hydrogen) atoms. The molecule has 2 heterocycles. The first-order valence-electron chi connectivity index (χ1n) is 25.7. The second-order valence-corrected chi connectivity index (χ2v) is 19.9. The molecule has 0 aliphatic carbocycles. The van der Waals surface area contributed by atoms with Gasteiger partial charge in [0.2, 0.25) is 29.5 Å². The maximum atomic E-state index is 14.6. The Hall–Kier alpha value is -6.79. The van der Waals surface area contributed by atoms with Crippen molar-refractivity contribution in [2.45, 2.75) is 141 Å². The van der Waals surface area contributed by atoms with Crippen LogP contribution < -0.4 is 48.3 Å². The van der Waals surface area contributed by atoms with Crippen LogP contribution in [0.1, 0.15) is 125 Å². The van der Waals surface area contributed by atoms with Crippen molar-refractivity contribution in [2.24, 2.45) is 11.8 Å². The Balaban J connectivity index is 1.37. The number of nitrogens with two attached hydrogens (primary N) is 1. The van der Waals surface area contributed by atoms with E-state index < -0.39 is 72.0 Å². The zero-order valence-electron chi connectivity index (χ0n) is 44.2. The lowest BCUT2D eigenvalue weighted by molar-refractivity contribution is -0.143. The molecule has 3 aromatic carbocycles. The molecular formula is C55H79N11O7. The number of hydrogen-bond acceptors (Lipinski definition) is 11. The van der Waals surface area contributed by atoms with Crippen molar-refractivity contribution in [3.05, 3.63) is 113 Å². The van der Waals surface area contributed by atoms with Gasteiger partial charge in [0.25, 0.3) is 11.8 Å². The highest BCUT2D eigenvalue weighted by Gasteiger charge is 2.46. The van der Waals surface area contributed by atoms with Crippen molar-refractivity contribution in [1.82, 2.24) is 52.3 Å². The van der Waals surface area contributed by atoms with Crippen LogP contribution in [0.25, 0.3) is 0 Å². The summed E-state index contributed by atoms with van der Waals surface area (Å²) in [6.45, 7) is 19.2. The van der Waals surface area contributed by atoms with Crippen LogP contribution in [0.15, 0.2) is 91.1 Å². The average molecular weight is 1010 g/mol. The molecule has 18 heteroatoms. The number of amides is 7. The van der Waals surface area contributed by atoms with Gasteiger partial charge in [0.05, 0.1) is 18.1 Å². The van der Waals surface area contributed by atoms with Crippen molar-refractivity contribution in [3.63, 3.8) is 0 Å². The van der Waals surface area contributed by atoms with Crippen LogP contribution in [0.3, 0.4) is 0 Å². The Kier molecular flexibility index (Phi) is 20.5. The lowest BCUT2D eigenvalue weighted by Crippen LogP contribution is -2.57. The Morgan fingerprint density at radius 1 is 0.589 bits per heavy atom. The zero-order chi connectivity index (χ0) is 53.7. The van der Waals surface area contributed by atoms with Gasteiger partial charge in [-0.15, -0.1) is 0 Å². The molecular weight excluding hydrogens is 927 g/mol. The van der Waals surface area contributed by atoms with Crippen LogP contribution in [0, 0.1) is 11.8 Å². The summed E-state index contributed by atoms with van der Waals surface area (Å²) in [7, 11) is 3.45. The number of nitrogens with zero attached hydrogens (tertiary/aromatic N) is 2. The summed E-state index contributed by atoms with van der Waals surface area (Å²) in [5, 5.41) is 24.4. The Morgan fingerprint density at radius 2 is 0.986 bits per heavy atom. The van der Waals surface area contributed by atoms with Crippen LogP contribution in [-0.2, 0) is 24.0 Å². The van der Waals surface area contributed by atoms with Gasteiger partial charge in [-0.25, -0.2) is 0 Å². The van der Waals surface area contributed by atoms with E-state index >= 15 is 0 Å². The topological polar surface area (TPSA) is 248 Å². The van der Waals surface area contributed by atoms with Gasteiger partial charge in [-0.05, 0) is 95.8 Å². The van der Waals surface area contributed by atoms with Crippen LogP contribution in [-0.4, -0.2) is 127 Å². The highest BCUT2D eigenvalue weighted by atomic mass is 16.2. The molecule has 0 aromatic heterocycles. The summed E-state index contributed by atoms with van der Waals surface area (Å²) in [6.07, 6.45) is 1.42. The van der Waals surface area contributed by atoms with E-state index in [2.05, 4.69) is 49.1 Å². The number of carbonyl (C=O) groups is 7. The Morgan fingerprint density at radius 3 is 1.37 bits per heavy atom. The van der Waals surface area contributed by atoms with E-state index in [4.69, 9.17) is 5.73 Å². The normalized spacial score (nSPS) is 20.7. The number of nitrogen functional groups attached to an aromatic ring is 1. The SMILES string of the molecule is C=C(N[C@H](C(=O)N1C[C@@H](NC(=O)c2cc(N)cc(C(=O)N[C@H]3C[C@@H](C(=O)N[C@H](C)c4ccccc4)N(C(=O)[C@@H](NC(=O)[C@H](C)NC)[C@@H](C)CC)C3)c2)C[C@H]1C(=O)N[C@H](C)c1ccccc1)[C@@H](C)CC)[C@H](C)NC. The molecule has 18 nitrogen and oxygen atoms in total. The van der Waals surface area contributed by atoms with Crippen LogP contribution in [0.4, 0.5) is 5.69 Å². The predicted molar refractivity (Wildman–Crippen MR) is 284 cm³/mol. The number of likely N-dealkylation sites (N-methyl/N-ethyl adjacent to an activating group) is 2. The van der Waals surface area contributed by atoms with E-state index in [0.717, 1.165) is 11.1 Å². The summed E-state index contributed by atoms with van der Waals surface area (Å²) in [5.74, 6) is -3.48. The zero-order valence-corrected chi connectivity index (χ0v) is 44.2. The lowest BCUT2D eigenvalue weighted by Gasteiger charge is -2.33. The molecule has 7 amide bonds. The summed E-state index contributed by atoms with van der Waals surface area (Å²) in [6, 6.07) is 16.8. The van der Waals surface area contributed by atoms with E-state index in [9.17, 15) is 33.6 Å². The summed E-state index contributed by atoms with van der Waals surface area (Å²) < 4.78 is 0. The summed E-state index contributed by atoms with van der Waals surface area (Å²) in [4.78, 5) is 102.